The van der Waals surface area contributed by atoms with Crippen molar-refractivity contribution in [1.29, 1.82) is 0 Å². The molecule has 0 saturated carbocycles. The van der Waals surface area contributed by atoms with E-state index in [9.17, 15) is 9.59 Å². The Bertz CT molecular complexity index is 689. The maximum absolute atomic E-state index is 12.9. The van der Waals surface area contributed by atoms with Gasteiger partial charge in [-0.3, -0.25) is 9.80 Å². The SMILES string of the molecule is O=C1N[C@@H]2[C@H](N1)N(Cc1ccccc1)C(=O)N2Cc1ccccc1. The van der Waals surface area contributed by atoms with Crippen LogP contribution in [0.25, 0.3) is 0 Å². The van der Waals surface area contributed by atoms with Gasteiger partial charge in [-0.15, -0.1) is 0 Å². The second kappa shape index (κ2) is 5.88. The number of rotatable bonds is 4. The van der Waals surface area contributed by atoms with E-state index >= 15 is 0 Å². The number of nitrogens with zero attached hydrogens (tertiary/aromatic N) is 2. The molecule has 0 unspecified atom stereocenters. The average Bonchev–Trinajstić information content (AvgIpc) is 3.09. The summed E-state index contributed by atoms with van der Waals surface area (Å²) in [5.41, 5.74) is 2.07. The van der Waals surface area contributed by atoms with Crippen molar-refractivity contribution in [2.45, 2.75) is 25.4 Å². The standard InChI is InChI=1S/C18H18N4O2/c23-17-19-15-16(20-17)22(12-14-9-5-2-6-10-14)18(24)21(15)11-13-7-3-1-4-8-13/h1-10,15-16H,11-12H2,(H2,19,20,23)/t15-,16+. The van der Waals surface area contributed by atoms with Crippen LogP contribution in [0.5, 0.6) is 0 Å². The van der Waals surface area contributed by atoms with Gasteiger partial charge in [0.2, 0.25) is 0 Å². The van der Waals surface area contributed by atoms with Crippen LogP contribution in [0.15, 0.2) is 60.7 Å². The highest BCUT2D eigenvalue weighted by Gasteiger charge is 2.50. The molecular weight excluding hydrogens is 304 g/mol. The van der Waals surface area contributed by atoms with Crippen LogP contribution < -0.4 is 10.6 Å². The monoisotopic (exact) mass is 322 g/mol. The molecule has 6 heteroatoms. The van der Waals surface area contributed by atoms with Crippen LogP contribution in [0.1, 0.15) is 11.1 Å². The molecule has 122 valence electrons. The zero-order valence-electron chi connectivity index (χ0n) is 13.1. The molecule has 4 amide bonds. The minimum atomic E-state index is -0.353. The summed E-state index contributed by atoms with van der Waals surface area (Å²) in [6.45, 7) is 0.933. The van der Waals surface area contributed by atoms with E-state index in [0.29, 0.717) is 13.1 Å². The minimum Gasteiger partial charge on any atom is -0.314 e. The van der Waals surface area contributed by atoms with E-state index in [1.165, 1.54) is 0 Å². The predicted octanol–water partition coefficient (Wildman–Crippen LogP) is 2.09. The Morgan fingerprint density at radius 3 is 1.54 bits per heavy atom. The largest absolute Gasteiger partial charge is 0.324 e. The van der Waals surface area contributed by atoms with Gasteiger partial charge in [0.1, 0.15) is 12.3 Å². The molecule has 2 aromatic carbocycles. The number of hydrogen-bond acceptors (Lipinski definition) is 2. The molecule has 2 heterocycles. The van der Waals surface area contributed by atoms with Crippen molar-refractivity contribution >= 4 is 12.1 Å². The van der Waals surface area contributed by atoms with E-state index in [4.69, 9.17) is 0 Å². The Morgan fingerprint density at radius 1 is 0.708 bits per heavy atom. The molecule has 4 rings (SSSR count). The molecule has 2 aliphatic rings. The highest BCUT2D eigenvalue weighted by Crippen LogP contribution is 2.26. The second-order valence-electron chi connectivity index (χ2n) is 6.02. The van der Waals surface area contributed by atoms with Crippen molar-refractivity contribution in [3.05, 3.63) is 71.8 Å². The van der Waals surface area contributed by atoms with Crippen molar-refractivity contribution in [2.24, 2.45) is 0 Å². The number of nitrogens with one attached hydrogen (secondary N) is 2. The first kappa shape index (κ1) is 14.6. The number of fused-ring (bicyclic) bond motifs is 1. The Kier molecular flexibility index (Phi) is 3.57. The maximum Gasteiger partial charge on any atom is 0.324 e. The van der Waals surface area contributed by atoms with Gasteiger partial charge in [0, 0.05) is 13.1 Å². The number of benzene rings is 2. The molecule has 2 atom stereocenters. The van der Waals surface area contributed by atoms with Crippen LogP contribution in [0.2, 0.25) is 0 Å². The van der Waals surface area contributed by atoms with Gasteiger partial charge in [0.25, 0.3) is 0 Å². The molecule has 24 heavy (non-hydrogen) atoms. The van der Waals surface area contributed by atoms with Gasteiger partial charge in [-0.2, -0.15) is 0 Å². The third-order valence-corrected chi connectivity index (χ3v) is 4.41. The smallest absolute Gasteiger partial charge is 0.314 e. The molecule has 2 aliphatic heterocycles. The van der Waals surface area contributed by atoms with Crippen molar-refractivity contribution < 1.29 is 9.59 Å². The predicted molar refractivity (Wildman–Crippen MR) is 88.6 cm³/mol. The fraction of sp³-hybridized carbons (Fsp3) is 0.222. The van der Waals surface area contributed by atoms with Crippen LogP contribution >= 0.6 is 0 Å². The van der Waals surface area contributed by atoms with E-state index in [1.807, 2.05) is 60.7 Å². The fourth-order valence-electron chi connectivity index (χ4n) is 3.26. The summed E-state index contributed by atoms with van der Waals surface area (Å²) < 4.78 is 0. The fourth-order valence-corrected chi connectivity index (χ4v) is 3.26. The van der Waals surface area contributed by atoms with E-state index in [0.717, 1.165) is 11.1 Å². The number of urea groups is 2. The summed E-state index contributed by atoms with van der Waals surface area (Å²) in [6, 6.07) is 19.3. The lowest BCUT2D eigenvalue weighted by atomic mass is 10.2. The van der Waals surface area contributed by atoms with Gasteiger partial charge >= 0.3 is 12.1 Å². The van der Waals surface area contributed by atoms with Gasteiger partial charge in [-0.05, 0) is 11.1 Å². The molecule has 6 nitrogen and oxygen atoms in total. The summed E-state index contributed by atoms with van der Waals surface area (Å²) >= 11 is 0. The number of carbonyl (C=O) groups excluding carboxylic acids is 2. The molecule has 2 N–H and O–H groups in total. The second-order valence-corrected chi connectivity index (χ2v) is 6.02. The molecule has 0 radical (unpaired) electrons. The van der Waals surface area contributed by atoms with Gasteiger partial charge in [0.15, 0.2) is 0 Å². The highest BCUT2D eigenvalue weighted by molar-refractivity contribution is 5.84. The van der Waals surface area contributed by atoms with Crippen LogP contribution in [0.4, 0.5) is 9.59 Å². The van der Waals surface area contributed by atoms with E-state index in [2.05, 4.69) is 10.6 Å². The first-order valence-corrected chi connectivity index (χ1v) is 7.94. The van der Waals surface area contributed by atoms with Crippen molar-refractivity contribution in [3.8, 4) is 0 Å². The van der Waals surface area contributed by atoms with Gasteiger partial charge in [-0.1, -0.05) is 60.7 Å². The third-order valence-electron chi connectivity index (χ3n) is 4.41. The van der Waals surface area contributed by atoms with E-state index in [1.54, 1.807) is 9.80 Å². The quantitative estimate of drug-likeness (QED) is 0.905. The molecule has 0 aliphatic carbocycles. The van der Waals surface area contributed by atoms with Crippen molar-refractivity contribution in [3.63, 3.8) is 0 Å². The number of amides is 4. The first-order valence-electron chi connectivity index (χ1n) is 7.94. The van der Waals surface area contributed by atoms with Crippen LogP contribution in [-0.2, 0) is 13.1 Å². The van der Waals surface area contributed by atoms with E-state index in [-0.39, 0.29) is 24.4 Å². The van der Waals surface area contributed by atoms with Crippen LogP contribution in [0.3, 0.4) is 0 Å². The van der Waals surface area contributed by atoms with Gasteiger partial charge < -0.3 is 10.6 Å². The Morgan fingerprint density at radius 2 is 1.12 bits per heavy atom. The first-order chi connectivity index (χ1) is 11.7. The molecule has 2 aromatic rings. The highest BCUT2D eigenvalue weighted by atomic mass is 16.2. The zero-order chi connectivity index (χ0) is 16.5. The summed E-state index contributed by atoms with van der Waals surface area (Å²) in [5.74, 6) is 0. The summed E-state index contributed by atoms with van der Waals surface area (Å²) in [6.07, 6.45) is -0.706. The van der Waals surface area contributed by atoms with Crippen LogP contribution in [0, 0.1) is 0 Å². The van der Waals surface area contributed by atoms with Crippen molar-refractivity contribution in [1.82, 2.24) is 20.4 Å². The third kappa shape index (κ3) is 2.56. The Balaban J connectivity index is 1.59. The van der Waals surface area contributed by atoms with Gasteiger partial charge in [-0.25, -0.2) is 9.59 Å². The molecule has 0 spiro atoms. The Labute approximate surface area is 140 Å². The molecular formula is C18H18N4O2. The molecule has 2 fully saturated rings. The lowest BCUT2D eigenvalue weighted by Crippen LogP contribution is -2.42. The summed E-state index contributed by atoms with van der Waals surface area (Å²) in [4.78, 5) is 28.1. The van der Waals surface area contributed by atoms with Crippen molar-refractivity contribution in [2.75, 3.05) is 0 Å². The lowest BCUT2D eigenvalue weighted by Gasteiger charge is -2.22. The maximum atomic E-state index is 12.9. The zero-order valence-corrected chi connectivity index (χ0v) is 13.1. The lowest BCUT2D eigenvalue weighted by molar-refractivity contribution is 0.174. The van der Waals surface area contributed by atoms with E-state index < -0.39 is 0 Å². The van der Waals surface area contributed by atoms with Gasteiger partial charge in [0.05, 0.1) is 0 Å². The summed E-state index contributed by atoms with van der Waals surface area (Å²) in [7, 11) is 0. The molecule has 0 aromatic heterocycles. The minimum absolute atomic E-state index is 0.0785. The summed E-state index contributed by atoms with van der Waals surface area (Å²) in [5, 5.41) is 5.69. The molecule has 0 bridgehead atoms. The molecule has 2 saturated heterocycles. The van der Waals surface area contributed by atoms with Crippen LogP contribution in [-0.4, -0.2) is 34.2 Å². The number of hydrogen-bond donors (Lipinski definition) is 2. The normalized spacial score (nSPS) is 22.3. The Hall–Kier alpha value is -3.02. The number of carbonyl (C=O) groups is 2. The average molecular weight is 322 g/mol. The topological polar surface area (TPSA) is 64.7 Å².